The molecule has 0 saturated heterocycles. The second kappa shape index (κ2) is 10.6. The number of ether oxygens (including phenoxy) is 2. The summed E-state index contributed by atoms with van der Waals surface area (Å²) in [5.41, 5.74) is 2.88. The molecule has 30 heavy (non-hydrogen) atoms. The highest BCUT2D eigenvalue weighted by Gasteiger charge is 2.06. The smallest absolute Gasteiger partial charge is 0.246 e. The Morgan fingerprint density at radius 1 is 1.13 bits per heavy atom. The van der Waals surface area contributed by atoms with E-state index < -0.39 is 0 Å². The van der Waals surface area contributed by atoms with Crippen LogP contribution in [-0.4, -0.2) is 29.4 Å². The van der Waals surface area contributed by atoms with Gasteiger partial charge in [0.15, 0.2) is 0 Å². The Bertz CT molecular complexity index is 996. The first kappa shape index (κ1) is 21.6. The molecule has 2 aromatic carbocycles. The van der Waals surface area contributed by atoms with Crippen molar-refractivity contribution in [2.75, 3.05) is 13.7 Å². The van der Waals surface area contributed by atoms with Crippen molar-refractivity contribution in [3.63, 3.8) is 0 Å². The molecule has 6 heteroatoms. The Morgan fingerprint density at radius 2 is 1.93 bits per heavy atom. The molecule has 0 N–H and O–H groups in total. The van der Waals surface area contributed by atoms with Crippen LogP contribution in [-0.2, 0) is 17.9 Å². The molecule has 156 valence electrons. The topological polar surface area (TPSA) is 51.7 Å². The normalized spacial score (nSPS) is 10.9. The summed E-state index contributed by atoms with van der Waals surface area (Å²) in [5.74, 6) is 1.52. The maximum atomic E-state index is 12.5. The fourth-order valence-electron chi connectivity index (χ4n) is 2.84. The average molecular weight is 423 g/mol. The number of carbonyl (C=O) groups is 1. The first-order chi connectivity index (χ1) is 14.5. The Kier molecular flexibility index (Phi) is 7.63. The van der Waals surface area contributed by atoms with Gasteiger partial charge in [-0.05, 0) is 55.3 Å². The van der Waals surface area contributed by atoms with Gasteiger partial charge in [-0.15, -0.1) is 11.3 Å². The molecule has 0 aliphatic rings. The lowest BCUT2D eigenvalue weighted by molar-refractivity contribution is -0.125. The van der Waals surface area contributed by atoms with Gasteiger partial charge in [0, 0.05) is 25.0 Å². The molecule has 0 bridgehead atoms. The van der Waals surface area contributed by atoms with Crippen LogP contribution in [0, 0.1) is 6.92 Å². The number of hydrogen-bond acceptors (Lipinski definition) is 5. The first-order valence-corrected chi connectivity index (χ1v) is 10.7. The Hall–Kier alpha value is -3.12. The Labute approximate surface area is 181 Å². The minimum atomic E-state index is -0.0619. The molecule has 1 heterocycles. The molecule has 1 amide bonds. The van der Waals surface area contributed by atoms with Crippen LogP contribution in [0.5, 0.6) is 11.5 Å². The second-order valence-corrected chi connectivity index (χ2v) is 7.89. The van der Waals surface area contributed by atoms with Gasteiger partial charge in [0.05, 0.1) is 17.3 Å². The number of amides is 1. The maximum absolute atomic E-state index is 12.5. The van der Waals surface area contributed by atoms with Gasteiger partial charge in [0.25, 0.3) is 0 Å². The predicted molar refractivity (Wildman–Crippen MR) is 121 cm³/mol. The fourth-order valence-corrected chi connectivity index (χ4v) is 3.44. The lowest BCUT2D eigenvalue weighted by atomic mass is 10.2. The summed E-state index contributed by atoms with van der Waals surface area (Å²) in [6.07, 6.45) is 3.38. The van der Waals surface area contributed by atoms with Crippen molar-refractivity contribution < 1.29 is 14.3 Å². The molecule has 0 unspecified atom stereocenters. The van der Waals surface area contributed by atoms with Gasteiger partial charge in [0.2, 0.25) is 5.91 Å². The van der Waals surface area contributed by atoms with E-state index in [2.05, 4.69) is 4.98 Å². The minimum absolute atomic E-state index is 0.0619. The van der Waals surface area contributed by atoms with E-state index in [1.807, 2.05) is 67.8 Å². The summed E-state index contributed by atoms with van der Waals surface area (Å²) in [4.78, 5) is 18.5. The van der Waals surface area contributed by atoms with Crippen molar-refractivity contribution in [1.29, 1.82) is 0 Å². The summed E-state index contributed by atoms with van der Waals surface area (Å²) in [6, 6.07) is 15.5. The van der Waals surface area contributed by atoms with E-state index in [0.29, 0.717) is 19.8 Å². The molecule has 0 fully saturated rings. The van der Waals surface area contributed by atoms with Crippen molar-refractivity contribution in [2.24, 2.45) is 0 Å². The largest absolute Gasteiger partial charge is 0.494 e. The number of rotatable bonds is 9. The standard InChI is InChI=1S/C24H26N2O3S/c1-4-28-22-11-8-20(9-12-22)15-26(3)24(27)13-10-19-6-5-7-23(14-19)29-16-21-17-30-18(2)25-21/h5-14,17H,4,15-16H2,1-3H3/b13-10+. The molecule has 0 radical (unpaired) electrons. The molecule has 0 aliphatic carbocycles. The molecular weight excluding hydrogens is 396 g/mol. The highest BCUT2D eigenvalue weighted by molar-refractivity contribution is 7.09. The SMILES string of the molecule is CCOc1ccc(CN(C)C(=O)/C=C/c2cccc(OCc3csc(C)n3)c2)cc1. The summed E-state index contributed by atoms with van der Waals surface area (Å²) >= 11 is 1.61. The molecule has 0 atom stereocenters. The van der Waals surface area contributed by atoms with E-state index in [1.54, 1.807) is 35.4 Å². The number of thiazole rings is 1. The van der Waals surface area contributed by atoms with E-state index in [-0.39, 0.29) is 5.91 Å². The van der Waals surface area contributed by atoms with Crippen molar-refractivity contribution in [2.45, 2.75) is 27.0 Å². The molecule has 3 aromatic rings. The van der Waals surface area contributed by atoms with Crippen LogP contribution in [0.3, 0.4) is 0 Å². The second-order valence-electron chi connectivity index (χ2n) is 6.82. The molecular formula is C24H26N2O3S. The van der Waals surface area contributed by atoms with Crippen LogP contribution in [0.15, 0.2) is 60.0 Å². The van der Waals surface area contributed by atoms with Crippen LogP contribution >= 0.6 is 11.3 Å². The van der Waals surface area contributed by atoms with E-state index in [4.69, 9.17) is 9.47 Å². The lowest BCUT2D eigenvalue weighted by Crippen LogP contribution is -2.24. The van der Waals surface area contributed by atoms with Crippen molar-refractivity contribution in [3.8, 4) is 11.5 Å². The van der Waals surface area contributed by atoms with Crippen molar-refractivity contribution >= 4 is 23.3 Å². The molecule has 0 spiro atoms. The van der Waals surface area contributed by atoms with E-state index in [9.17, 15) is 4.79 Å². The van der Waals surface area contributed by atoms with Gasteiger partial charge in [-0.3, -0.25) is 4.79 Å². The van der Waals surface area contributed by atoms with Crippen LogP contribution < -0.4 is 9.47 Å². The van der Waals surface area contributed by atoms with E-state index in [1.165, 1.54) is 0 Å². The van der Waals surface area contributed by atoms with Gasteiger partial charge in [0.1, 0.15) is 18.1 Å². The van der Waals surface area contributed by atoms with E-state index >= 15 is 0 Å². The number of hydrogen-bond donors (Lipinski definition) is 0. The zero-order valence-corrected chi connectivity index (χ0v) is 18.3. The lowest BCUT2D eigenvalue weighted by Gasteiger charge is -2.15. The maximum Gasteiger partial charge on any atom is 0.246 e. The van der Waals surface area contributed by atoms with Gasteiger partial charge < -0.3 is 14.4 Å². The summed E-state index contributed by atoms with van der Waals surface area (Å²) in [6.45, 7) is 5.53. The Balaban J connectivity index is 1.54. The van der Waals surface area contributed by atoms with Crippen molar-refractivity contribution in [3.05, 3.63) is 81.8 Å². The quantitative estimate of drug-likeness (QED) is 0.450. The highest BCUT2D eigenvalue weighted by atomic mass is 32.1. The molecule has 1 aromatic heterocycles. The third-order valence-corrected chi connectivity index (χ3v) is 5.18. The fraction of sp³-hybridized carbons (Fsp3) is 0.250. The average Bonchev–Trinajstić information content (AvgIpc) is 3.17. The summed E-state index contributed by atoms with van der Waals surface area (Å²) in [7, 11) is 1.79. The Morgan fingerprint density at radius 3 is 2.63 bits per heavy atom. The highest BCUT2D eigenvalue weighted by Crippen LogP contribution is 2.18. The van der Waals surface area contributed by atoms with Gasteiger partial charge in [-0.25, -0.2) is 4.98 Å². The molecule has 5 nitrogen and oxygen atoms in total. The predicted octanol–water partition coefficient (Wildman–Crippen LogP) is 5.10. The third-order valence-electron chi connectivity index (χ3n) is 4.36. The molecule has 0 aliphatic heterocycles. The number of aromatic nitrogens is 1. The minimum Gasteiger partial charge on any atom is -0.494 e. The number of likely N-dealkylation sites (N-methyl/N-ethyl adjacent to an activating group) is 1. The number of carbonyl (C=O) groups excluding carboxylic acids is 1. The van der Waals surface area contributed by atoms with Crippen LogP contribution in [0.2, 0.25) is 0 Å². The summed E-state index contributed by atoms with van der Waals surface area (Å²) < 4.78 is 11.3. The third kappa shape index (κ3) is 6.46. The van der Waals surface area contributed by atoms with Crippen molar-refractivity contribution in [1.82, 2.24) is 9.88 Å². The number of nitrogens with zero attached hydrogens (tertiary/aromatic N) is 2. The van der Waals surface area contributed by atoms with Crippen LogP contribution in [0.25, 0.3) is 6.08 Å². The monoisotopic (exact) mass is 422 g/mol. The first-order valence-electron chi connectivity index (χ1n) is 9.82. The number of benzene rings is 2. The van der Waals surface area contributed by atoms with Crippen LogP contribution in [0.1, 0.15) is 28.8 Å². The van der Waals surface area contributed by atoms with Crippen LogP contribution in [0.4, 0.5) is 0 Å². The zero-order chi connectivity index (χ0) is 21.3. The number of aryl methyl sites for hydroxylation is 1. The summed E-state index contributed by atoms with van der Waals surface area (Å²) in [5, 5.41) is 3.02. The zero-order valence-electron chi connectivity index (χ0n) is 17.5. The van der Waals surface area contributed by atoms with Gasteiger partial charge >= 0.3 is 0 Å². The van der Waals surface area contributed by atoms with Gasteiger partial charge in [-0.2, -0.15) is 0 Å². The molecule has 0 saturated carbocycles. The van der Waals surface area contributed by atoms with E-state index in [0.717, 1.165) is 33.3 Å². The van der Waals surface area contributed by atoms with Gasteiger partial charge in [-0.1, -0.05) is 24.3 Å². The molecule has 3 rings (SSSR count).